The van der Waals surface area contributed by atoms with Gasteiger partial charge in [-0.3, -0.25) is 16.3 Å². The van der Waals surface area contributed by atoms with Gasteiger partial charge >= 0.3 is 0 Å². The lowest BCUT2D eigenvalue weighted by molar-refractivity contribution is 0.315. The highest BCUT2D eigenvalue weighted by atomic mass is 15.2. The van der Waals surface area contributed by atoms with Crippen molar-refractivity contribution < 1.29 is 0 Å². The average molecular weight is 283 g/mol. The van der Waals surface area contributed by atoms with Gasteiger partial charge in [0.15, 0.2) is 0 Å². The first-order valence-corrected chi connectivity index (χ1v) is 8.18. The zero-order valence-corrected chi connectivity index (χ0v) is 12.6. The first-order valence-electron chi connectivity index (χ1n) is 8.18. The number of pyridine rings is 1. The molecule has 0 radical (unpaired) electrons. The third-order valence-corrected chi connectivity index (χ3v) is 4.83. The predicted molar refractivity (Wildman–Crippen MR) is 87.6 cm³/mol. The van der Waals surface area contributed by atoms with Crippen molar-refractivity contribution in [2.24, 2.45) is 11.8 Å². The van der Waals surface area contributed by atoms with E-state index >= 15 is 0 Å². The van der Waals surface area contributed by atoms with E-state index in [9.17, 15) is 0 Å². The lowest BCUT2D eigenvalue weighted by Crippen LogP contribution is -2.29. The van der Waals surface area contributed by atoms with E-state index in [2.05, 4.69) is 34.7 Å². The molecule has 0 aliphatic heterocycles. The second kappa shape index (κ2) is 7.01. The molecule has 1 heterocycles. The van der Waals surface area contributed by atoms with Crippen LogP contribution in [0.1, 0.15) is 56.6 Å². The second-order valence-electron chi connectivity index (χ2n) is 6.22. The van der Waals surface area contributed by atoms with Crippen LogP contribution in [0.5, 0.6) is 0 Å². The summed E-state index contributed by atoms with van der Waals surface area (Å²) in [6.07, 6.45) is 11.2. The predicted octanol–water partition coefficient (Wildman–Crippen LogP) is 4.10. The number of hydrogen-bond acceptors (Lipinski definition) is 3. The van der Waals surface area contributed by atoms with Crippen LogP contribution in [-0.2, 0) is 0 Å². The summed E-state index contributed by atoms with van der Waals surface area (Å²) >= 11 is 0. The zero-order valence-electron chi connectivity index (χ0n) is 12.6. The van der Waals surface area contributed by atoms with Gasteiger partial charge in [-0.2, -0.15) is 0 Å². The molecule has 1 aromatic heterocycles. The van der Waals surface area contributed by atoms with Gasteiger partial charge in [0.1, 0.15) is 0 Å². The van der Waals surface area contributed by atoms with Gasteiger partial charge in [-0.1, -0.05) is 56.4 Å². The summed E-state index contributed by atoms with van der Waals surface area (Å²) in [7, 11) is 0. The van der Waals surface area contributed by atoms with Gasteiger partial charge in [0.2, 0.25) is 0 Å². The van der Waals surface area contributed by atoms with Gasteiger partial charge < -0.3 is 0 Å². The molecule has 0 amide bonds. The molecular weight excluding hydrogens is 258 g/mol. The highest BCUT2D eigenvalue weighted by molar-refractivity contribution is 5.81. The molecule has 1 fully saturated rings. The molecule has 1 unspecified atom stereocenters. The van der Waals surface area contributed by atoms with Crippen molar-refractivity contribution in [3.8, 4) is 0 Å². The molecule has 1 aliphatic carbocycles. The van der Waals surface area contributed by atoms with E-state index in [-0.39, 0.29) is 6.04 Å². The summed E-state index contributed by atoms with van der Waals surface area (Å²) in [4.78, 5) is 4.55. The minimum absolute atomic E-state index is 0.200. The van der Waals surface area contributed by atoms with Crippen molar-refractivity contribution in [1.82, 2.24) is 10.4 Å². The Morgan fingerprint density at radius 1 is 1.14 bits per heavy atom. The minimum Gasteiger partial charge on any atom is -0.271 e. The molecule has 3 rings (SSSR count). The summed E-state index contributed by atoms with van der Waals surface area (Å²) in [6, 6.07) is 10.7. The van der Waals surface area contributed by atoms with Crippen LogP contribution in [0.2, 0.25) is 0 Å². The Morgan fingerprint density at radius 2 is 1.95 bits per heavy atom. The lowest BCUT2D eigenvalue weighted by Gasteiger charge is -2.24. The molecule has 0 bridgehead atoms. The fourth-order valence-electron chi connectivity index (χ4n) is 3.62. The number of rotatable bonds is 5. The monoisotopic (exact) mass is 283 g/mol. The van der Waals surface area contributed by atoms with Crippen LogP contribution in [0.15, 0.2) is 36.5 Å². The number of hydrogen-bond donors (Lipinski definition) is 2. The number of aromatic nitrogens is 1. The molecule has 0 saturated heterocycles. The standard InChI is InChI=1S/C18H25N3/c19-21-17(12-11-14-6-2-1-3-7-14)16-10-4-8-15-9-5-13-20-18(15)16/h4-5,8-10,13-14,17,21H,1-3,6-7,11-12,19H2. The van der Waals surface area contributed by atoms with Crippen LogP contribution < -0.4 is 11.3 Å². The molecule has 1 aliphatic rings. The summed E-state index contributed by atoms with van der Waals surface area (Å²) in [5, 5.41) is 1.19. The average Bonchev–Trinajstić information content (AvgIpc) is 2.56. The number of para-hydroxylation sites is 1. The van der Waals surface area contributed by atoms with Crippen LogP contribution >= 0.6 is 0 Å². The first-order chi connectivity index (χ1) is 10.4. The SMILES string of the molecule is NNC(CCC1CCCCC1)c1cccc2cccnc12. The topological polar surface area (TPSA) is 50.9 Å². The molecule has 21 heavy (non-hydrogen) atoms. The minimum atomic E-state index is 0.200. The third-order valence-electron chi connectivity index (χ3n) is 4.83. The molecule has 1 atom stereocenters. The summed E-state index contributed by atoms with van der Waals surface area (Å²) in [5.74, 6) is 6.72. The van der Waals surface area contributed by atoms with Crippen molar-refractivity contribution in [2.75, 3.05) is 0 Å². The van der Waals surface area contributed by atoms with Gasteiger partial charge in [-0.25, -0.2) is 0 Å². The number of benzene rings is 1. The Morgan fingerprint density at radius 3 is 2.76 bits per heavy atom. The molecular formula is C18H25N3. The van der Waals surface area contributed by atoms with Crippen molar-refractivity contribution in [3.05, 3.63) is 42.1 Å². The Balaban J connectivity index is 1.75. The van der Waals surface area contributed by atoms with E-state index in [1.54, 1.807) is 0 Å². The van der Waals surface area contributed by atoms with E-state index in [1.807, 2.05) is 12.3 Å². The van der Waals surface area contributed by atoms with E-state index in [0.29, 0.717) is 0 Å². The fourth-order valence-corrected chi connectivity index (χ4v) is 3.62. The number of fused-ring (bicyclic) bond motifs is 1. The van der Waals surface area contributed by atoms with E-state index in [1.165, 1.54) is 49.5 Å². The highest BCUT2D eigenvalue weighted by Crippen LogP contribution is 2.31. The van der Waals surface area contributed by atoms with E-state index in [4.69, 9.17) is 5.84 Å². The van der Waals surface area contributed by atoms with Crippen LogP contribution in [0.3, 0.4) is 0 Å². The molecule has 3 N–H and O–H groups in total. The van der Waals surface area contributed by atoms with Crippen molar-refractivity contribution in [1.29, 1.82) is 0 Å². The van der Waals surface area contributed by atoms with E-state index < -0.39 is 0 Å². The Hall–Kier alpha value is -1.45. The van der Waals surface area contributed by atoms with Crippen molar-refractivity contribution >= 4 is 10.9 Å². The molecule has 0 spiro atoms. The van der Waals surface area contributed by atoms with Crippen LogP contribution in [-0.4, -0.2) is 4.98 Å². The van der Waals surface area contributed by atoms with Crippen molar-refractivity contribution in [3.63, 3.8) is 0 Å². The van der Waals surface area contributed by atoms with Crippen LogP contribution in [0.4, 0.5) is 0 Å². The fraction of sp³-hybridized carbons (Fsp3) is 0.500. The lowest BCUT2D eigenvalue weighted by atomic mass is 9.84. The molecule has 2 aromatic rings. The maximum atomic E-state index is 5.83. The highest BCUT2D eigenvalue weighted by Gasteiger charge is 2.18. The van der Waals surface area contributed by atoms with Crippen LogP contribution in [0, 0.1) is 5.92 Å². The molecule has 3 heteroatoms. The summed E-state index contributed by atoms with van der Waals surface area (Å²) < 4.78 is 0. The van der Waals surface area contributed by atoms with Gasteiger partial charge in [-0.05, 0) is 30.4 Å². The number of nitrogens with zero attached hydrogens (tertiary/aromatic N) is 1. The van der Waals surface area contributed by atoms with Gasteiger partial charge in [0, 0.05) is 17.6 Å². The van der Waals surface area contributed by atoms with Gasteiger partial charge in [-0.15, -0.1) is 0 Å². The molecule has 3 nitrogen and oxygen atoms in total. The first kappa shape index (κ1) is 14.5. The number of nitrogens with two attached hydrogens (primary N) is 1. The number of nitrogens with one attached hydrogen (secondary N) is 1. The maximum absolute atomic E-state index is 5.83. The summed E-state index contributed by atoms with van der Waals surface area (Å²) in [5.41, 5.74) is 5.31. The Kier molecular flexibility index (Phi) is 4.84. The van der Waals surface area contributed by atoms with Crippen LogP contribution in [0.25, 0.3) is 10.9 Å². The van der Waals surface area contributed by atoms with Crippen molar-refractivity contribution in [2.45, 2.75) is 51.0 Å². The Bertz CT molecular complexity index is 570. The normalized spacial score (nSPS) is 18.0. The maximum Gasteiger partial charge on any atom is 0.0750 e. The summed E-state index contributed by atoms with van der Waals surface area (Å²) in [6.45, 7) is 0. The quantitative estimate of drug-likeness (QED) is 0.641. The molecule has 1 aromatic carbocycles. The largest absolute Gasteiger partial charge is 0.271 e. The molecule has 112 valence electrons. The van der Waals surface area contributed by atoms with Gasteiger partial charge in [0.25, 0.3) is 0 Å². The second-order valence-corrected chi connectivity index (χ2v) is 6.22. The van der Waals surface area contributed by atoms with E-state index in [0.717, 1.165) is 17.9 Å². The third kappa shape index (κ3) is 3.42. The number of hydrazine groups is 1. The zero-order chi connectivity index (χ0) is 14.5. The Labute approximate surface area is 126 Å². The molecule has 1 saturated carbocycles. The smallest absolute Gasteiger partial charge is 0.0750 e. The van der Waals surface area contributed by atoms with Gasteiger partial charge in [0.05, 0.1) is 5.52 Å².